The van der Waals surface area contributed by atoms with Gasteiger partial charge in [0.15, 0.2) is 0 Å². The zero-order chi connectivity index (χ0) is 13.7. The molecule has 0 bridgehead atoms. The van der Waals surface area contributed by atoms with Gasteiger partial charge in [0.2, 0.25) is 0 Å². The van der Waals surface area contributed by atoms with Crippen molar-refractivity contribution in [3.63, 3.8) is 0 Å². The zero-order valence-corrected chi connectivity index (χ0v) is 13.4. The van der Waals surface area contributed by atoms with Crippen LogP contribution in [0.5, 0.6) is 0 Å². The zero-order valence-electron chi connectivity index (χ0n) is 12.6. The van der Waals surface area contributed by atoms with Crippen molar-refractivity contribution in [3.05, 3.63) is 22.4 Å². The maximum Gasteiger partial charge on any atom is 0.0223 e. The average molecular weight is 280 g/mol. The van der Waals surface area contributed by atoms with Crippen LogP contribution in [-0.2, 0) is 6.42 Å². The van der Waals surface area contributed by atoms with Crippen molar-refractivity contribution < 1.29 is 0 Å². The third-order valence-electron chi connectivity index (χ3n) is 4.08. The normalized spacial score (nSPS) is 25.1. The molecule has 0 aliphatic carbocycles. The molecule has 1 aliphatic heterocycles. The molecule has 1 aromatic heterocycles. The second-order valence-electron chi connectivity index (χ2n) is 6.12. The molecule has 1 aliphatic rings. The van der Waals surface area contributed by atoms with E-state index in [0.717, 1.165) is 12.0 Å². The van der Waals surface area contributed by atoms with Crippen LogP contribution in [0.2, 0.25) is 0 Å². The first-order valence-corrected chi connectivity index (χ1v) is 8.56. The van der Waals surface area contributed by atoms with Gasteiger partial charge in [-0.25, -0.2) is 0 Å². The smallest absolute Gasteiger partial charge is 0.0223 e. The van der Waals surface area contributed by atoms with Crippen molar-refractivity contribution in [1.29, 1.82) is 0 Å². The molecule has 0 spiro atoms. The maximum atomic E-state index is 3.71. The van der Waals surface area contributed by atoms with Crippen LogP contribution in [0, 0.1) is 5.92 Å². The molecule has 2 nitrogen and oxygen atoms in total. The van der Waals surface area contributed by atoms with E-state index in [1.807, 2.05) is 11.3 Å². The van der Waals surface area contributed by atoms with Crippen molar-refractivity contribution >= 4 is 11.3 Å². The van der Waals surface area contributed by atoms with Crippen molar-refractivity contribution in [2.45, 2.75) is 52.1 Å². The predicted octanol–water partition coefficient (Wildman–Crippen LogP) is 3.39. The van der Waals surface area contributed by atoms with Crippen LogP contribution in [0.3, 0.4) is 0 Å². The molecule has 108 valence electrons. The van der Waals surface area contributed by atoms with E-state index in [1.54, 1.807) is 0 Å². The largest absolute Gasteiger partial charge is 0.311 e. The van der Waals surface area contributed by atoms with Gasteiger partial charge in [-0.3, -0.25) is 4.90 Å². The lowest BCUT2D eigenvalue weighted by atomic mass is 9.98. The predicted molar refractivity (Wildman–Crippen MR) is 84.9 cm³/mol. The average Bonchev–Trinajstić information content (AvgIpc) is 2.90. The fraction of sp³-hybridized carbons (Fsp3) is 0.750. The number of thiophene rings is 1. The Kier molecular flexibility index (Phi) is 5.86. The fourth-order valence-electron chi connectivity index (χ4n) is 2.96. The highest BCUT2D eigenvalue weighted by atomic mass is 32.1. The second-order valence-corrected chi connectivity index (χ2v) is 7.15. The number of nitrogens with zero attached hydrogens (tertiary/aromatic N) is 1. The van der Waals surface area contributed by atoms with Gasteiger partial charge in [-0.1, -0.05) is 26.8 Å². The topological polar surface area (TPSA) is 15.3 Å². The van der Waals surface area contributed by atoms with Gasteiger partial charge in [0.25, 0.3) is 0 Å². The van der Waals surface area contributed by atoms with E-state index in [2.05, 4.69) is 48.5 Å². The third-order valence-corrected chi connectivity index (χ3v) is 5.01. The van der Waals surface area contributed by atoms with Crippen molar-refractivity contribution in [1.82, 2.24) is 10.2 Å². The van der Waals surface area contributed by atoms with Gasteiger partial charge in [-0.05, 0) is 36.6 Å². The van der Waals surface area contributed by atoms with Gasteiger partial charge in [0.05, 0.1) is 0 Å². The van der Waals surface area contributed by atoms with E-state index in [4.69, 9.17) is 0 Å². The molecule has 2 heterocycles. The molecular formula is C16H28N2S. The Morgan fingerprint density at radius 2 is 2.32 bits per heavy atom. The van der Waals surface area contributed by atoms with E-state index in [-0.39, 0.29) is 0 Å². The van der Waals surface area contributed by atoms with Crippen molar-refractivity contribution in [2.75, 3.05) is 19.6 Å². The Morgan fingerprint density at radius 1 is 1.47 bits per heavy atom. The molecule has 0 radical (unpaired) electrons. The van der Waals surface area contributed by atoms with Gasteiger partial charge >= 0.3 is 0 Å². The van der Waals surface area contributed by atoms with E-state index in [9.17, 15) is 0 Å². The van der Waals surface area contributed by atoms with Gasteiger partial charge in [-0.2, -0.15) is 0 Å². The molecule has 1 saturated heterocycles. The standard InChI is InChI=1S/C16H28N2S/c1-4-14-12-18(8-7-16-6-5-9-19-16)15(11-17-14)10-13(2)3/h5-6,9,13-15,17H,4,7-8,10-12H2,1-3H3. The van der Waals surface area contributed by atoms with Gasteiger partial charge in [0.1, 0.15) is 0 Å². The van der Waals surface area contributed by atoms with Gasteiger partial charge in [0, 0.05) is 36.6 Å². The second kappa shape index (κ2) is 7.41. The summed E-state index contributed by atoms with van der Waals surface area (Å²) in [5.74, 6) is 0.786. The highest BCUT2D eigenvalue weighted by Gasteiger charge is 2.27. The van der Waals surface area contributed by atoms with Crippen LogP contribution in [0.1, 0.15) is 38.5 Å². The summed E-state index contributed by atoms with van der Waals surface area (Å²) in [5.41, 5.74) is 0. The molecule has 2 unspecified atom stereocenters. The Morgan fingerprint density at radius 3 is 2.95 bits per heavy atom. The summed E-state index contributed by atoms with van der Waals surface area (Å²) in [6.45, 7) is 10.6. The number of hydrogen-bond donors (Lipinski definition) is 1. The molecule has 1 fully saturated rings. The van der Waals surface area contributed by atoms with Crippen LogP contribution in [0.15, 0.2) is 17.5 Å². The molecule has 0 aromatic carbocycles. The van der Waals surface area contributed by atoms with Gasteiger partial charge in [-0.15, -0.1) is 11.3 Å². The summed E-state index contributed by atoms with van der Waals surface area (Å²) in [6, 6.07) is 5.84. The van der Waals surface area contributed by atoms with Gasteiger partial charge < -0.3 is 5.32 Å². The lowest BCUT2D eigenvalue weighted by Gasteiger charge is -2.41. The maximum absolute atomic E-state index is 3.71. The minimum absolute atomic E-state index is 0.687. The quantitative estimate of drug-likeness (QED) is 0.859. The van der Waals surface area contributed by atoms with Crippen LogP contribution in [0.4, 0.5) is 0 Å². The van der Waals surface area contributed by atoms with E-state index in [0.29, 0.717) is 6.04 Å². The molecule has 2 atom stereocenters. The first-order chi connectivity index (χ1) is 9.19. The Bertz CT molecular complexity index is 348. The molecule has 19 heavy (non-hydrogen) atoms. The van der Waals surface area contributed by atoms with Crippen LogP contribution < -0.4 is 5.32 Å². The molecule has 1 N–H and O–H groups in total. The number of hydrogen-bond acceptors (Lipinski definition) is 3. The van der Waals surface area contributed by atoms with Crippen LogP contribution in [-0.4, -0.2) is 36.6 Å². The summed E-state index contributed by atoms with van der Waals surface area (Å²) in [5, 5.41) is 5.90. The molecule has 2 rings (SSSR count). The number of rotatable bonds is 6. The monoisotopic (exact) mass is 280 g/mol. The third kappa shape index (κ3) is 4.59. The number of piperazine rings is 1. The summed E-state index contributed by atoms with van der Waals surface area (Å²) >= 11 is 1.89. The minimum atomic E-state index is 0.687. The van der Waals surface area contributed by atoms with E-state index in [1.165, 1.54) is 43.8 Å². The Balaban J connectivity index is 1.90. The van der Waals surface area contributed by atoms with Crippen molar-refractivity contribution in [2.24, 2.45) is 5.92 Å². The fourth-order valence-corrected chi connectivity index (χ4v) is 3.66. The first-order valence-electron chi connectivity index (χ1n) is 7.68. The highest BCUT2D eigenvalue weighted by Crippen LogP contribution is 2.18. The minimum Gasteiger partial charge on any atom is -0.311 e. The molecule has 1 aromatic rings. The van der Waals surface area contributed by atoms with Crippen LogP contribution >= 0.6 is 11.3 Å². The van der Waals surface area contributed by atoms with Crippen molar-refractivity contribution in [3.8, 4) is 0 Å². The molecular weight excluding hydrogens is 252 g/mol. The molecule has 0 amide bonds. The SMILES string of the molecule is CCC1CN(CCc2cccs2)C(CC(C)C)CN1. The summed E-state index contributed by atoms with van der Waals surface area (Å²) < 4.78 is 0. The lowest BCUT2D eigenvalue weighted by molar-refractivity contribution is 0.114. The van der Waals surface area contributed by atoms with Crippen LogP contribution in [0.25, 0.3) is 0 Å². The Labute approximate surface area is 122 Å². The first kappa shape index (κ1) is 15.0. The molecule has 0 saturated carbocycles. The molecule has 3 heteroatoms. The summed E-state index contributed by atoms with van der Waals surface area (Å²) in [7, 11) is 0. The summed E-state index contributed by atoms with van der Waals surface area (Å²) in [4.78, 5) is 4.25. The number of nitrogens with one attached hydrogen (secondary N) is 1. The Hall–Kier alpha value is -0.380. The summed E-state index contributed by atoms with van der Waals surface area (Å²) in [6.07, 6.45) is 3.76. The lowest BCUT2D eigenvalue weighted by Crippen LogP contribution is -2.56. The van der Waals surface area contributed by atoms with E-state index < -0.39 is 0 Å². The van der Waals surface area contributed by atoms with E-state index >= 15 is 0 Å². The highest BCUT2D eigenvalue weighted by molar-refractivity contribution is 7.09.